The van der Waals surface area contributed by atoms with Crippen LogP contribution in [0.15, 0.2) is 0 Å². The molecule has 0 aromatic carbocycles. The Kier molecular flexibility index (Phi) is 26.5. The average molecular weight is 360 g/mol. The maximum atomic E-state index is 3.49. The predicted molar refractivity (Wildman–Crippen MR) is 102 cm³/mol. The van der Waals surface area contributed by atoms with Crippen LogP contribution in [-0.4, -0.2) is 28.4 Å². The van der Waals surface area contributed by atoms with E-state index in [1.165, 1.54) is 108 Å². The molecule has 0 amide bonds. The Labute approximate surface area is 153 Å². The van der Waals surface area contributed by atoms with Gasteiger partial charge in [0.25, 0.3) is 0 Å². The van der Waals surface area contributed by atoms with Gasteiger partial charge in [-0.1, -0.05) is 119 Å². The second kappa shape index (κ2) is 22.5. The SMILES string of the molecule is CCCCCCCCCCCCCCCCCCBr.[MgH2]. The summed E-state index contributed by atoms with van der Waals surface area (Å²) in [6, 6.07) is 0. The Morgan fingerprint density at radius 2 is 0.700 bits per heavy atom. The van der Waals surface area contributed by atoms with Gasteiger partial charge in [0.1, 0.15) is 0 Å². The molecule has 0 aliphatic carbocycles. The predicted octanol–water partition coefficient (Wildman–Crippen LogP) is 6.73. The topological polar surface area (TPSA) is 0 Å². The molecule has 20 heavy (non-hydrogen) atoms. The molecule has 120 valence electrons. The summed E-state index contributed by atoms with van der Waals surface area (Å²) in [6.45, 7) is 2.29. The Morgan fingerprint density at radius 3 is 0.950 bits per heavy atom. The molecule has 0 N–H and O–H groups in total. The number of alkyl halides is 1. The van der Waals surface area contributed by atoms with Crippen molar-refractivity contribution in [3.63, 3.8) is 0 Å². The van der Waals surface area contributed by atoms with Crippen LogP contribution in [-0.2, 0) is 0 Å². The molecule has 0 spiro atoms. The van der Waals surface area contributed by atoms with Crippen molar-refractivity contribution < 1.29 is 0 Å². The standard InChI is InChI=1S/C18H37Br.Mg.2H/c1-2-3-4-5-6-7-8-9-10-11-12-13-14-15-16-17-18-19;;;/h2-18H2,1H3;;;. The molecule has 0 heterocycles. The Balaban J connectivity index is 0. The van der Waals surface area contributed by atoms with E-state index in [-0.39, 0.29) is 23.1 Å². The maximum absolute atomic E-state index is 3.49. The third-order valence-electron chi connectivity index (χ3n) is 3.99. The Bertz CT molecular complexity index is 134. The molecule has 0 aliphatic rings. The molecule has 0 aliphatic heterocycles. The van der Waals surface area contributed by atoms with Crippen LogP contribution < -0.4 is 0 Å². The summed E-state index contributed by atoms with van der Waals surface area (Å²) in [5.41, 5.74) is 0. The van der Waals surface area contributed by atoms with E-state index < -0.39 is 0 Å². The summed E-state index contributed by atoms with van der Waals surface area (Å²) in [5.74, 6) is 0. The average Bonchev–Trinajstić information content (AvgIpc) is 2.43. The minimum Gasteiger partial charge on any atom is -0.0928 e. The lowest BCUT2D eigenvalue weighted by Crippen LogP contribution is -1.83. The Morgan fingerprint density at radius 1 is 0.450 bits per heavy atom. The van der Waals surface area contributed by atoms with Crippen molar-refractivity contribution in [2.75, 3.05) is 5.33 Å². The van der Waals surface area contributed by atoms with E-state index in [9.17, 15) is 0 Å². The highest BCUT2D eigenvalue weighted by atomic mass is 79.9. The summed E-state index contributed by atoms with van der Waals surface area (Å²) >= 11 is 3.49. The lowest BCUT2D eigenvalue weighted by Gasteiger charge is -2.03. The fourth-order valence-electron chi connectivity index (χ4n) is 2.64. The van der Waals surface area contributed by atoms with Crippen LogP contribution in [0.3, 0.4) is 0 Å². The quantitative estimate of drug-likeness (QED) is 0.163. The highest BCUT2D eigenvalue weighted by Crippen LogP contribution is 2.13. The van der Waals surface area contributed by atoms with Gasteiger partial charge in [0, 0.05) is 5.33 Å². The fraction of sp³-hybridized carbons (Fsp3) is 1.00. The summed E-state index contributed by atoms with van der Waals surface area (Å²) in [4.78, 5) is 0. The van der Waals surface area contributed by atoms with Gasteiger partial charge in [-0.2, -0.15) is 0 Å². The van der Waals surface area contributed by atoms with E-state index in [1.54, 1.807) is 0 Å². The Hall–Kier alpha value is 1.25. The summed E-state index contributed by atoms with van der Waals surface area (Å²) in [6.07, 6.45) is 23.3. The number of halogens is 1. The largest absolute Gasteiger partial charge is 0.316 e. The number of rotatable bonds is 16. The molecular weight excluding hydrogens is 320 g/mol. The first kappa shape index (κ1) is 23.5. The third-order valence-corrected chi connectivity index (χ3v) is 4.55. The van der Waals surface area contributed by atoms with Crippen molar-refractivity contribution in [2.24, 2.45) is 0 Å². The highest BCUT2D eigenvalue weighted by molar-refractivity contribution is 9.09. The molecule has 0 rings (SSSR count). The summed E-state index contributed by atoms with van der Waals surface area (Å²) < 4.78 is 0. The molecule has 0 unspecified atom stereocenters. The van der Waals surface area contributed by atoms with E-state index in [0.717, 1.165) is 0 Å². The molecule has 0 fully saturated rings. The number of hydrogen-bond acceptors (Lipinski definition) is 0. The van der Waals surface area contributed by atoms with E-state index in [4.69, 9.17) is 0 Å². The molecular formula is C18H39BrMg. The van der Waals surface area contributed by atoms with Crippen LogP contribution in [0.5, 0.6) is 0 Å². The van der Waals surface area contributed by atoms with Gasteiger partial charge in [-0.25, -0.2) is 0 Å². The zero-order valence-electron chi connectivity index (χ0n) is 13.4. The lowest BCUT2D eigenvalue weighted by atomic mass is 10.0. The molecule has 0 radical (unpaired) electrons. The molecule has 0 saturated heterocycles. The van der Waals surface area contributed by atoms with Crippen LogP contribution >= 0.6 is 15.9 Å². The van der Waals surface area contributed by atoms with E-state index in [2.05, 4.69) is 22.9 Å². The molecule has 0 aromatic rings. The molecule has 0 nitrogen and oxygen atoms in total. The molecule has 2 heteroatoms. The fourth-order valence-corrected chi connectivity index (χ4v) is 3.04. The van der Waals surface area contributed by atoms with Crippen molar-refractivity contribution in [1.82, 2.24) is 0 Å². The molecule has 0 bridgehead atoms. The van der Waals surface area contributed by atoms with Crippen LogP contribution in [0.2, 0.25) is 0 Å². The second-order valence-corrected chi connectivity index (χ2v) is 6.79. The summed E-state index contributed by atoms with van der Waals surface area (Å²) in [7, 11) is 0. The monoisotopic (exact) mass is 358 g/mol. The third kappa shape index (κ3) is 21.5. The van der Waals surface area contributed by atoms with E-state index in [1.807, 2.05) is 0 Å². The van der Waals surface area contributed by atoms with Gasteiger partial charge in [-0.05, 0) is 6.42 Å². The molecule has 0 saturated carbocycles. The molecule has 0 aromatic heterocycles. The zero-order chi connectivity index (χ0) is 14.0. The number of hydrogen-bond donors (Lipinski definition) is 0. The first-order valence-electron chi connectivity index (χ1n) is 8.97. The zero-order valence-corrected chi connectivity index (χ0v) is 15.0. The van der Waals surface area contributed by atoms with Crippen LogP contribution in [0.25, 0.3) is 0 Å². The first-order chi connectivity index (χ1) is 9.41. The van der Waals surface area contributed by atoms with Gasteiger partial charge in [0.15, 0.2) is 0 Å². The van der Waals surface area contributed by atoms with E-state index >= 15 is 0 Å². The first-order valence-corrected chi connectivity index (χ1v) is 10.1. The smallest absolute Gasteiger partial charge is 0.0928 e. The second-order valence-electron chi connectivity index (χ2n) is 5.99. The van der Waals surface area contributed by atoms with E-state index in [0.29, 0.717) is 0 Å². The van der Waals surface area contributed by atoms with Crippen molar-refractivity contribution in [1.29, 1.82) is 0 Å². The minimum atomic E-state index is 0. The van der Waals surface area contributed by atoms with Crippen molar-refractivity contribution in [2.45, 2.75) is 110 Å². The van der Waals surface area contributed by atoms with Crippen LogP contribution in [0, 0.1) is 0 Å². The highest BCUT2D eigenvalue weighted by Gasteiger charge is 1.94. The van der Waals surface area contributed by atoms with Gasteiger partial charge in [-0.3, -0.25) is 0 Å². The lowest BCUT2D eigenvalue weighted by molar-refractivity contribution is 0.532. The van der Waals surface area contributed by atoms with Crippen molar-refractivity contribution in [3.05, 3.63) is 0 Å². The maximum Gasteiger partial charge on any atom is 0.316 e. The van der Waals surface area contributed by atoms with Gasteiger partial charge in [0.05, 0.1) is 0 Å². The van der Waals surface area contributed by atoms with Gasteiger partial charge in [-0.15, -0.1) is 0 Å². The van der Waals surface area contributed by atoms with Gasteiger partial charge >= 0.3 is 23.1 Å². The van der Waals surface area contributed by atoms with Crippen molar-refractivity contribution >= 4 is 39.0 Å². The van der Waals surface area contributed by atoms with Gasteiger partial charge < -0.3 is 0 Å². The van der Waals surface area contributed by atoms with Crippen LogP contribution in [0.4, 0.5) is 0 Å². The molecule has 0 atom stereocenters. The van der Waals surface area contributed by atoms with Crippen molar-refractivity contribution in [3.8, 4) is 0 Å². The summed E-state index contributed by atoms with van der Waals surface area (Å²) in [5, 5.41) is 1.19. The number of unbranched alkanes of at least 4 members (excludes halogenated alkanes) is 15. The minimum absolute atomic E-state index is 0. The van der Waals surface area contributed by atoms with Crippen LogP contribution in [0.1, 0.15) is 110 Å². The van der Waals surface area contributed by atoms with Gasteiger partial charge in [0.2, 0.25) is 0 Å². The normalized spacial score (nSPS) is 10.5.